The van der Waals surface area contributed by atoms with Crippen molar-refractivity contribution in [2.24, 2.45) is 5.73 Å². The van der Waals surface area contributed by atoms with Gasteiger partial charge in [0.25, 0.3) is 11.8 Å². The molecule has 2 aromatic rings. The van der Waals surface area contributed by atoms with E-state index in [9.17, 15) is 14.4 Å². The lowest BCUT2D eigenvalue weighted by Crippen LogP contribution is -2.41. The van der Waals surface area contributed by atoms with Gasteiger partial charge in [-0.3, -0.25) is 20.4 Å². The Balaban J connectivity index is 1.95. The van der Waals surface area contributed by atoms with E-state index >= 15 is 0 Å². The maximum Gasteiger partial charge on any atom is 0.316 e. The normalized spacial score (nSPS) is 10.0. The average molecular weight is 316 g/mol. The fraction of sp³-hybridized carbons (Fsp3) is 0.133. The molecular formula is C15H16N4O4. The Hall–Kier alpha value is -3.29. The Morgan fingerprint density at radius 3 is 2.13 bits per heavy atom. The molecule has 0 bridgehead atoms. The van der Waals surface area contributed by atoms with Crippen LogP contribution in [0.4, 0.5) is 10.5 Å². The Bertz CT molecular complexity index is 749. The van der Waals surface area contributed by atoms with Crippen LogP contribution >= 0.6 is 0 Å². The first-order chi connectivity index (χ1) is 10.9. The summed E-state index contributed by atoms with van der Waals surface area (Å²) in [5, 5.41) is 2.38. The highest BCUT2D eigenvalue weighted by Crippen LogP contribution is 2.13. The van der Waals surface area contributed by atoms with Crippen LogP contribution < -0.4 is 21.9 Å². The van der Waals surface area contributed by atoms with Crippen LogP contribution in [0.1, 0.15) is 32.2 Å². The average Bonchev–Trinajstić information content (AvgIpc) is 2.83. The van der Waals surface area contributed by atoms with Crippen molar-refractivity contribution >= 4 is 23.5 Å². The summed E-state index contributed by atoms with van der Waals surface area (Å²) in [6.45, 7) is 3.39. The standard InChI is InChI=1S/C15H16N4O4/c1-8-7-12(9(2)23-8)14(21)19-18-13(20)10-3-5-11(6-4-10)17-15(16)22/h3-7H,1-2H3,(H,18,20)(H,19,21)(H3,16,17,22). The summed E-state index contributed by atoms with van der Waals surface area (Å²) in [7, 11) is 0. The molecule has 1 aromatic heterocycles. The Morgan fingerprint density at radius 1 is 1.00 bits per heavy atom. The first kappa shape index (κ1) is 16.1. The van der Waals surface area contributed by atoms with E-state index in [1.807, 2.05) is 0 Å². The minimum Gasteiger partial charge on any atom is -0.466 e. The smallest absolute Gasteiger partial charge is 0.316 e. The SMILES string of the molecule is Cc1cc(C(=O)NNC(=O)c2ccc(NC(N)=O)cc2)c(C)o1. The predicted octanol–water partition coefficient (Wildman–Crippen LogP) is 1.46. The summed E-state index contributed by atoms with van der Waals surface area (Å²) in [4.78, 5) is 34.6. The van der Waals surface area contributed by atoms with Gasteiger partial charge in [-0.25, -0.2) is 4.79 Å². The van der Waals surface area contributed by atoms with Gasteiger partial charge >= 0.3 is 6.03 Å². The van der Waals surface area contributed by atoms with Crippen molar-refractivity contribution in [1.82, 2.24) is 10.9 Å². The van der Waals surface area contributed by atoms with E-state index in [1.54, 1.807) is 19.9 Å². The summed E-state index contributed by atoms with van der Waals surface area (Å²) in [6.07, 6.45) is 0. The molecule has 23 heavy (non-hydrogen) atoms. The molecule has 5 N–H and O–H groups in total. The van der Waals surface area contributed by atoms with Gasteiger partial charge in [-0.15, -0.1) is 0 Å². The number of nitrogens with one attached hydrogen (secondary N) is 3. The first-order valence-corrected chi connectivity index (χ1v) is 6.71. The van der Waals surface area contributed by atoms with Crippen LogP contribution in [-0.2, 0) is 0 Å². The van der Waals surface area contributed by atoms with Crippen molar-refractivity contribution < 1.29 is 18.8 Å². The molecule has 0 aliphatic heterocycles. The molecule has 0 fully saturated rings. The summed E-state index contributed by atoms with van der Waals surface area (Å²) in [5.41, 5.74) is 10.7. The highest BCUT2D eigenvalue weighted by atomic mass is 16.3. The van der Waals surface area contributed by atoms with Crippen molar-refractivity contribution in [3.05, 3.63) is 53.0 Å². The van der Waals surface area contributed by atoms with Crippen LogP contribution in [0.25, 0.3) is 0 Å². The molecule has 1 aromatic carbocycles. The minimum atomic E-state index is -0.694. The molecule has 0 radical (unpaired) electrons. The van der Waals surface area contributed by atoms with E-state index in [0.717, 1.165) is 0 Å². The lowest BCUT2D eigenvalue weighted by Gasteiger charge is -2.07. The maximum absolute atomic E-state index is 11.9. The molecule has 4 amide bonds. The predicted molar refractivity (Wildman–Crippen MR) is 82.8 cm³/mol. The summed E-state index contributed by atoms with van der Waals surface area (Å²) in [6, 6.07) is 6.90. The minimum absolute atomic E-state index is 0.306. The maximum atomic E-state index is 11.9. The van der Waals surface area contributed by atoms with Crippen LogP contribution in [-0.4, -0.2) is 17.8 Å². The second-order valence-corrected chi connectivity index (χ2v) is 4.80. The van der Waals surface area contributed by atoms with Gasteiger partial charge in [-0.1, -0.05) is 0 Å². The number of amides is 4. The number of carbonyl (C=O) groups excluding carboxylic acids is 3. The highest BCUT2D eigenvalue weighted by molar-refractivity contribution is 5.99. The first-order valence-electron chi connectivity index (χ1n) is 6.71. The number of furan rings is 1. The van der Waals surface area contributed by atoms with E-state index in [0.29, 0.717) is 28.3 Å². The third-order valence-corrected chi connectivity index (χ3v) is 2.99. The number of carbonyl (C=O) groups is 3. The summed E-state index contributed by atoms with van der Waals surface area (Å²) >= 11 is 0. The zero-order chi connectivity index (χ0) is 17.0. The fourth-order valence-corrected chi connectivity index (χ4v) is 1.96. The van der Waals surface area contributed by atoms with Gasteiger partial charge in [-0.05, 0) is 44.2 Å². The number of rotatable bonds is 3. The molecular weight excluding hydrogens is 300 g/mol. The number of urea groups is 1. The van der Waals surface area contributed by atoms with Gasteiger partial charge < -0.3 is 15.5 Å². The summed E-state index contributed by atoms with van der Waals surface area (Å²) in [5.74, 6) is 0.106. The van der Waals surface area contributed by atoms with E-state index < -0.39 is 17.8 Å². The molecule has 2 rings (SSSR count). The van der Waals surface area contributed by atoms with Crippen molar-refractivity contribution in [2.45, 2.75) is 13.8 Å². The number of anilines is 1. The van der Waals surface area contributed by atoms with E-state index in [4.69, 9.17) is 10.2 Å². The van der Waals surface area contributed by atoms with E-state index in [-0.39, 0.29) is 0 Å². The largest absolute Gasteiger partial charge is 0.466 e. The second-order valence-electron chi connectivity index (χ2n) is 4.80. The molecule has 0 aliphatic carbocycles. The van der Waals surface area contributed by atoms with Gasteiger partial charge in [0, 0.05) is 11.3 Å². The van der Waals surface area contributed by atoms with E-state index in [1.165, 1.54) is 24.3 Å². The zero-order valence-corrected chi connectivity index (χ0v) is 12.6. The van der Waals surface area contributed by atoms with Crippen molar-refractivity contribution in [2.75, 3.05) is 5.32 Å². The number of hydrogen-bond acceptors (Lipinski definition) is 4. The topological polar surface area (TPSA) is 126 Å². The quantitative estimate of drug-likeness (QED) is 0.639. The number of aryl methyl sites for hydroxylation is 2. The van der Waals surface area contributed by atoms with Crippen molar-refractivity contribution in [1.29, 1.82) is 0 Å². The molecule has 0 saturated carbocycles. The van der Waals surface area contributed by atoms with Gasteiger partial charge in [0.15, 0.2) is 0 Å². The molecule has 0 spiro atoms. The number of benzene rings is 1. The van der Waals surface area contributed by atoms with Gasteiger partial charge in [0.1, 0.15) is 11.5 Å². The zero-order valence-electron chi connectivity index (χ0n) is 12.6. The number of hydrazine groups is 1. The third-order valence-electron chi connectivity index (χ3n) is 2.99. The van der Waals surface area contributed by atoms with Crippen LogP contribution in [0.3, 0.4) is 0 Å². The number of nitrogens with two attached hydrogens (primary N) is 1. The third kappa shape index (κ3) is 4.10. The fourth-order valence-electron chi connectivity index (χ4n) is 1.96. The molecule has 0 aliphatic rings. The number of hydrogen-bond donors (Lipinski definition) is 4. The lowest BCUT2D eigenvalue weighted by atomic mass is 10.2. The Kier molecular flexibility index (Phi) is 4.65. The van der Waals surface area contributed by atoms with Crippen LogP contribution in [0.2, 0.25) is 0 Å². The van der Waals surface area contributed by atoms with E-state index in [2.05, 4.69) is 16.2 Å². The molecule has 120 valence electrons. The molecule has 0 unspecified atom stereocenters. The second kappa shape index (κ2) is 6.65. The Labute approximate surface area is 132 Å². The van der Waals surface area contributed by atoms with Gasteiger partial charge in [-0.2, -0.15) is 0 Å². The molecule has 0 saturated heterocycles. The van der Waals surface area contributed by atoms with Gasteiger partial charge in [0.05, 0.1) is 5.56 Å². The van der Waals surface area contributed by atoms with Gasteiger partial charge in [0.2, 0.25) is 0 Å². The van der Waals surface area contributed by atoms with Crippen LogP contribution in [0, 0.1) is 13.8 Å². The van der Waals surface area contributed by atoms with Crippen molar-refractivity contribution in [3.63, 3.8) is 0 Å². The van der Waals surface area contributed by atoms with Crippen LogP contribution in [0.5, 0.6) is 0 Å². The summed E-state index contributed by atoms with van der Waals surface area (Å²) < 4.78 is 5.25. The molecule has 0 atom stereocenters. The Morgan fingerprint density at radius 2 is 1.61 bits per heavy atom. The monoisotopic (exact) mass is 316 g/mol. The molecule has 8 nitrogen and oxygen atoms in total. The molecule has 1 heterocycles. The highest BCUT2D eigenvalue weighted by Gasteiger charge is 2.14. The van der Waals surface area contributed by atoms with Crippen molar-refractivity contribution in [3.8, 4) is 0 Å². The lowest BCUT2D eigenvalue weighted by molar-refractivity contribution is 0.0845. The number of primary amides is 1. The molecule has 8 heteroatoms. The van der Waals surface area contributed by atoms with Crippen LogP contribution in [0.15, 0.2) is 34.7 Å².